The normalized spacial score (nSPS) is 10.7. The largest absolute Gasteiger partial charge is 0.375 e. The molecule has 3 nitrogen and oxygen atoms in total. The maximum absolute atomic E-state index is 12.5. The monoisotopic (exact) mass is 372 g/mol. The van der Waals surface area contributed by atoms with E-state index in [1.165, 1.54) is 11.3 Å². The molecule has 0 amide bonds. The Morgan fingerprint density at radius 2 is 1.61 bits per heavy atom. The summed E-state index contributed by atoms with van der Waals surface area (Å²) in [5.41, 5.74) is 6.43. The van der Waals surface area contributed by atoms with Crippen LogP contribution >= 0.6 is 0 Å². The number of aromatic nitrogens is 1. The zero-order valence-corrected chi connectivity index (χ0v) is 17.0. The minimum absolute atomic E-state index is 0.173. The van der Waals surface area contributed by atoms with Gasteiger partial charge in [-0.1, -0.05) is 49.4 Å². The number of hydrogen-bond donors (Lipinski definition) is 0. The molecule has 28 heavy (non-hydrogen) atoms. The van der Waals surface area contributed by atoms with Crippen LogP contribution in [0.4, 0.5) is 5.69 Å². The Kier molecular flexibility index (Phi) is 6.59. The molecule has 2 aromatic carbocycles. The molecule has 0 spiro atoms. The molecule has 0 fully saturated rings. The van der Waals surface area contributed by atoms with Crippen molar-refractivity contribution in [1.82, 2.24) is 4.98 Å². The molecule has 3 heteroatoms. The topological polar surface area (TPSA) is 33.2 Å². The summed E-state index contributed by atoms with van der Waals surface area (Å²) in [5, 5.41) is 0. The smallest absolute Gasteiger partial charge is 0.163 e. The van der Waals surface area contributed by atoms with Gasteiger partial charge >= 0.3 is 0 Å². The fourth-order valence-electron chi connectivity index (χ4n) is 3.40. The molecule has 3 rings (SSSR count). The van der Waals surface area contributed by atoms with E-state index < -0.39 is 0 Å². The quantitative estimate of drug-likeness (QED) is 0.474. The van der Waals surface area contributed by atoms with Gasteiger partial charge in [-0.2, -0.15) is 0 Å². The van der Waals surface area contributed by atoms with E-state index in [1.807, 2.05) is 43.3 Å². The number of benzene rings is 2. The van der Waals surface area contributed by atoms with E-state index in [0.717, 1.165) is 41.8 Å². The van der Waals surface area contributed by atoms with Crippen LogP contribution in [0.5, 0.6) is 0 Å². The molecular weight excluding hydrogens is 344 g/mol. The molecule has 0 aliphatic heterocycles. The fourth-order valence-corrected chi connectivity index (χ4v) is 3.40. The third-order valence-corrected chi connectivity index (χ3v) is 5.15. The standard InChI is InChI=1S/C25H28N2O/c1-4-18-27(3)24-14-11-22(12-15-24)21-7-9-23(10-8-21)25(28)16-13-20-6-5-17-26-19(20)2/h5-12,14-15,17H,4,13,16,18H2,1-3H3. The van der Waals surface area contributed by atoms with Gasteiger partial charge in [0.05, 0.1) is 0 Å². The minimum Gasteiger partial charge on any atom is -0.375 e. The van der Waals surface area contributed by atoms with Gasteiger partial charge in [-0.3, -0.25) is 9.78 Å². The highest BCUT2D eigenvalue weighted by molar-refractivity contribution is 5.96. The molecule has 0 saturated heterocycles. The van der Waals surface area contributed by atoms with Crippen molar-refractivity contribution >= 4 is 11.5 Å². The lowest BCUT2D eigenvalue weighted by atomic mass is 9.99. The van der Waals surface area contributed by atoms with Gasteiger partial charge in [-0.05, 0) is 54.7 Å². The highest BCUT2D eigenvalue weighted by atomic mass is 16.1. The van der Waals surface area contributed by atoms with E-state index in [1.54, 1.807) is 6.20 Å². The molecule has 1 heterocycles. The van der Waals surface area contributed by atoms with Crippen LogP contribution in [0.15, 0.2) is 66.9 Å². The van der Waals surface area contributed by atoms with Crippen molar-refractivity contribution < 1.29 is 4.79 Å². The molecule has 1 aromatic heterocycles. The summed E-state index contributed by atoms with van der Waals surface area (Å²) in [6.07, 6.45) is 4.15. The Balaban J connectivity index is 1.64. The van der Waals surface area contributed by atoms with Crippen molar-refractivity contribution in [2.45, 2.75) is 33.1 Å². The van der Waals surface area contributed by atoms with Crippen molar-refractivity contribution in [3.8, 4) is 11.1 Å². The Morgan fingerprint density at radius 3 is 2.21 bits per heavy atom. The van der Waals surface area contributed by atoms with E-state index >= 15 is 0 Å². The summed E-state index contributed by atoms with van der Waals surface area (Å²) < 4.78 is 0. The SMILES string of the molecule is CCCN(C)c1ccc(-c2ccc(C(=O)CCc3cccnc3C)cc2)cc1. The third-order valence-electron chi connectivity index (χ3n) is 5.15. The van der Waals surface area contributed by atoms with E-state index in [4.69, 9.17) is 0 Å². The fraction of sp³-hybridized carbons (Fsp3) is 0.280. The van der Waals surface area contributed by atoms with E-state index in [0.29, 0.717) is 6.42 Å². The molecule has 0 aliphatic carbocycles. The number of pyridine rings is 1. The second-order valence-corrected chi connectivity index (χ2v) is 7.22. The Hall–Kier alpha value is -2.94. The van der Waals surface area contributed by atoms with E-state index in [2.05, 4.69) is 48.1 Å². The number of ketones is 1. The molecule has 0 N–H and O–H groups in total. The van der Waals surface area contributed by atoms with Crippen LogP contribution < -0.4 is 4.90 Å². The summed E-state index contributed by atoms with van der Waals surface area (Å²) in [7, 11) is 2.12. The number of anilines is 1. The first-order valence-corrected chi connectivity index (χ1v) is 9.94. The van der Waals surface area contributed by atoms with Crippen LogP contribution in [-0.2, 0) is 6.42 Å². The van der Waals surface area contributed by atoms with Crippen molar-refractivity contribution in [1.29, 1.82) is 0 Å². The molecule has 0 bridgehead atoms. The maximum Gasteiger partial charge on any atom is 0.163 e. The lowest BCUT2D eigenvalue weighted by Crippen LogP contribution is -2.17. The molecule has 0 unspecified atom stereocenters. The zero-order valence-electron chi connectivity index (χ0n) is 17.0. The number of Topliss-reactive ketones (excluding diaryl/α,β-unsaturated/α-hetero) is 1. The van der Waals surface area contributed by atoms with Crippen LogP contribution in [0.2, 0.25) is 0 Å². The summed E-state index contributed by atoms with van der Waals surface area (Å²) in [6, 6.07) is 20.5. The van der Waals surface area contributed by atoms with Gasteiger partial charge in [0.2, 0.25) is 0 Å². The number of aryl methyl sites for hydroxylation is 2. The van der Waals surface area contributed by atoms with Gasteiger partial charge in [0, 0.05) is 43.2 Å². The molecule has 0 saturated carbocycles. The van der Waals surface area contributed by atoms with Crippen LogP contribution in [0.1, 0.15) is 41.4 Å². The van der Waals surface area contributed by atoms with Gasteiger partial charge in [0.15, 0.2) is 5.78 Å². The average molecular weight is 373 g/mol. The number of hydrogen-bond acceptors (Lipinski definition) is 3. The summed E-state index contributed by atoms with van der Waals surface area (Å²) in [5.74, 6) is 0.173. The Labute approximate surface area is 168 Å². The molecule has 3 aromatic rings. The van der Waals surface area contributed by atoms with Crippen LogP contribution in [0.25, 0.3) is 11.1 Å². The predicted molar refractivity (Wildman–Crippen MR) is 117 cm³/mol. The molecule has 0 atom stereocenters. The zero-order chi connectivity index (χ0) is 19.9. The maximum atomic E-state index is 12.5. The van der Waals surface area contributed by atoms with E-state index in [9.17, 15) is 4.79 Å². The number of carbonyl (C=O) groups is 1. The predicted octanol–water partition coefficient (Wildman–Crippen LogP) is 5.72. The van der Waals surface area contributed by atoms with Crippen LogP contribution in [0.3, 0.4) is 0 Å². The Morgan fingerprint density at radius 1 is 0.964 bits per heavy atom. The third kappa shape index (κ3) is 4.86. The number of nitrogens with zero attached hydrogens (tertiary/aromatic N) is 2. The lowest BCUT2D eigenvalue weighted by Gasteiger charge is -2.18. The number of carbonyl (C=O) groups excluding carboxylic acids is 1. The van der Waals surface area contributed by atoms with Gasteiger partial charge in [-0.25, -0.2) is 0 Å². The van der Waals surface area contributed by atoms with Crippen molar-refractivity contribution in [2.24, 2.45) is 0 Å². The second-order valence-electron chi connectivity index (χ2n) is 7.22. The van der Waals surface area contributed by atoms with Crippen LogP contribution in [-0.4, -0.2) is 24.4 Å². The summed E-state index contributed by atoms with van der Waals surface area (Å²) >= 11 is 0. The van der Waals surface area contributed by atoms with Gasteiger partial charge in [-0.15, -0.1) is 0 Å². The molecule has 0 aliphatic rings. The van der Waals surface area contributed by atoms with Crippen molar-refractivity contribution in [3.63, 3.8) is 0 Å². The van der Waals surface area contributed by atoms with Crippen LogP contribution in [0, 0.1) is 6.92 Å². The molecular formula is C25H28N2O. The first kappa shape index (κ1) is 19.8. The highest BCUT2D eigenvalue weighted by Gasteiger charge is 2.08. The molecule has 144 valence electrons. The van der Waals surface area contributed by atoms with E-state index in [-0.39, 0.29) is 5.78 Å². The average Bonchev–Trinajstić information content (AvgIpc) is 2.73. The highest BCUT2D eigenvalue weighted by Crippen LogP contribution is 2.24. The van der Waals surface area contributed by atoms with Gasteiger partial charge in [0.25, 0.3) is 0 Å². The number of rotatable bonds is 8. The van der Waals surface area contributed by atoms with Gasteiger partial charge < -0.3 is 4.90 Å². The van der Waals surface area contributed by atoms with Gasteiger partial charge in [0.1, 0.15) is 0 Å². The Bertz CT molecular complexity index is 914. The summed E-state index contributed by atoms with van der Waals surface area (Å²) in [4.78, 5) is 19.1. The first-order valence-electron chi connectivity index (χ1n) is 9.94. The lowest BCUT2D eigenvalue weighted by molar-refractivity contribution is 0.0983. The minimum atomic E-state index is 0.173. The second kappa shape index (κ2) is 9.32. The first-order chi connectivity index (χ1) is 13.6. The summed E-state index contributed by atoms with van der Waals surface area (Å²) in [6.45, 7) is 5.22. The molecule has 0 radical (unpaired) electrons. The van der Waals surface area contributed by atoms with Crippen molar-refractivity contribution in [2.75, 3.05) is 18.5 Å². The van der Waals surface area contributed by atoms with Crippen molar-refractivity contribution in [3.05, 3.63) is 83.7 Å².